The predicted octanol–water partition coefficient (Wildman–Crippen LogP) is 2.73. The summed E-state index contributed by atoms with van der Waals surface area (Å²) in [5, 5.41) is 14.6. The van der Waals surface area contributed by atoms with Gasteiger partial charge in [0.15, 0.2) is 11.0 Å². The van der Waals surface area contributed by atoms with Crippen molar-refractivity contribution in [2.75, 3.05) is 11.9 Å². The van der Waals surface area contributed by atoms with Crippen molar-refractivity contribution >= 4 is 22.4 Å². The van der Waals surface area contributed by atoms with E-state index in [1.54, 1.807) is 6.92 Å². The van der Waals surface area contributed by atoms with Crippen molar-refractivity contribution in [3.05, 3.63) is 22.5 Å². The molecule has 0 aliphatic carbocycles. The molecule has 0 unspecified atom stereocenters. The summed E-state index contributed by atoms with van der Waals surface area (Å²) in [6.07, 6.45) is 3.59. The number of aliphatic hydroxyl groups is 1. The molecule has 146 valence electrons. The van der Waals surface area contributed by atoms with Crippen LogP contribution in [0.3, 0.4) is 0 Å². The molecular formula is C16H26FN5O3S. The molecule has 1 aliphatic rings. The van der Waals surface area contributed by atoms with Gasteiger partial charge in [-0.25, -0.2) is 0 Å². The molecule has 0 bridgehead atoms. The van der Waals surface area contributed by atoms with Crippen LogP contribution in [0.1, 0.15) is 51.1 Å². The van der Waals surface area contributed by atoms with E-state index in [-0.39, 0.29) is 13.9 Å². The van der Waals surface area contributed by atoms with Crippen molar-refractivity contribution in [2.45, 2.75) is 59.2 Å². The predicted molar refractivity (Wildman–Crippen MR) is 97.2 cm³/mol. The lowest BCUT2D eigenvalue weighted by molar-refractivity contribution is -0.114. The molecule has 3 heterocycles. The van der Waals surface area contributed by atoms with E-state index >= 15 is 0 Å². The van der Waals surface area contributed by atoms with E-state index in [9.17, 15) is 9.18 Å². The number of hydrogen-bond acceptors (Lipinski definition) is 8. The number of nitrogens with zero attached hydrogens (tertiary/aromatic N) is 4. The Morgan fingerprint density at radius 3 is 2.81 bits per heavy atom. The van der Waals surface area contributed by atoms with Gasteiger partial charge < -0.3 is 14.9 Å². The van der Waals surface area contributed by atoms with E-state index in [1.807, 2.05) is 0 Å². The molecule has 1 amide bonds. The van der Waals surface area contributed by atoms with Gasteiger partial charge in [0.1, 0.15) is 6.61 Å². The molecule has 26 heavy (non-hydrogen) atoms. The Morgan fingerprint density at radius 1 is 1.50 bits per heavy atom. The molecule has 3 rings (SSSR count). The second kappa shape index (κ2) is 9.70. The fourth-order valence-corrected chi connectivity index (χ4v) is 3.53. The van der Waals surface area contributed by atoms with Crippen LogP contribution in [0, 0.1) is 12.9 Å². The van der Waals surface area contributed by atoms with Gasteiger partial charge in [-0.2, -0.15) is 14.4 Å². The van der Waals surface area contributed by atoms with Crippen LogP contribution in [0.15, 0.2) is 4.52 Å². The highest BCUT2D eigenvalue weighted by Crippen LogP contribution is 2.26. The van der Waals surface area contributed by atoms with Gasteiger partial charge in [0.25, 0.3) is 0 Å². The maximum atomic E-state index is 13.7. The summed E-state index contributed by atoms with van der Waals surface area (Å²) in [7, 11) is 0. The zero-order chi connectivity index (χ0) is 19.1. The van der Waals surface area contributed by atoms with Crippen LogP contribution in [0.2, 0.25) is 0 Å². The first-order valence-corrected chi connectivity index (χ1v) is 9.27. The van der Waals surface area contributed by atoms with Crippen LogP contribution in [-0.2, 0) is 17.9 Å². The van der Waals surface area contributed by atoms with E-state index in [4.69, 9.17) is 5.11 Å². The number of halogens is 1. The SMILES string of the molecule is CC(=O)Nc1nc(F)c(CN2CCCC[C@H]2C)s1.Cc1nc(CO)no1.[HH]. The first-order valence-electron chi connectivity index (χ1n) is 8.46. The van der Waals surface area contributed by atoms with Crippen LogP contribution in [-0.4, -0.2) is 43.6 Å². The average molecular weight is 387 g/mol. The number of carbonyl (C=O) groups is 1. The van der Waals surface area contributed by atoms with Crippen molar-refractivity contribution in [1.82, 2.24) is 20.0 Å². The molecule has 0 saturated carbocycles. The topological polar surface area (TPSA) is 104 Å². The first kappa shape index (κ1) is 20.4. The van der Waals surface area contributed by atoms with Gasteiger partial charge >= 0.3 is 0 Å². The molecule has 0 spiro atoms. The van der Waals surface area contributed by atoms with Crippen LogP contribution in [0.25, 0.3) is 0 Å². The number of likely N-dealkylation sites (tertiary alicyclic amines) is 1. The summed E-state index contributed by atoms with van der Waals surface area (Å²) in [4.78, 5) is 21.2. The van der Waals surface area contributed by atoms with Crippen molar-refractivity contribution in [3.63, 3.8) is 0 Å². The Labute approximate surface area is 156 Å². The number of aryl methyl sites for hydroxylation is 1. The Hall–Kier alpha value is -1.91. The number of piperidine rings is 1. The molecule has 0 radical (unpaired) electrons. The van der Waals surface area contributed by atoms with Crippen LogP contribution in [0.4, 0.5) is 9.52 Å². The second-order valence-corrected chi connectivity index (χ2v) is 7.20. The number of amides is 1. The minimum absolute atomic E-state index is 0. The van der Waals surface area contributed by atoms with E-state index < -0.39 is 5.95 Å². The second-order valence-electron chi connectivity index (χ2n) is 6.12. The van der Waals surface area contributed by atoms with Gasteiger partial charge in [-0.15, -0.1) is 0 Å². The van der Waals surface area contributed by atoms with Crippen molar-refractivity contribution in [3.8, 4) is 0 Å². The molecule has 8 nitrogen and oxygen atoms in total. The first-order chi connectivity index (χ1) is 12.4. The molecule has 2 N–H and O–H groups in total. The molecule has 1 fully saturated rings. The maximum absolute atomic E-state index is 13.7. The third-order valence-corrected chi connectivity index (χ3v) is 4.86. The number of aromatic nitrogens is 3. The smallest absolute Gasteiger partial charge is 0.230 e. The summed E-state index contributed by atoms with van der Waals surface area (Å²) < 4.78 is 18.2. The molecule has 2 aromatic rings. The Bertz CT molecular complexity index is 727. The zero-order valence-corrected chi connectivity index (χ0v) is 16.0. The van der Waals surface area contributed by atoms with Crippen LogP contribution in [0.5, 0.6) is 0 Å². The fourth-order valence-electron chi connectivity index (χ4n) is 2.62. The molecule has 0 aromatic carbocycles. The molecule has 10 heteroatoms. The van der Waals surface area contributed by atoms with Gasteiger partial charge in [-0.05, 0) is 26.3 Å². The number of hydrogen-bond donors (Lipinski definition) is 2. The molecular weight excluding hydrogens is 361 g/mol. The number of thiazole rings is 1. The van der Waals surface area contributed by atoms with E-state index in [2.05, 4.69) is 36.8 Å². The number of carbonyl (C=O) groups excluding carboxylic acids is 1. The minimum Gasteiger partial charge on any atom is -0.388 e. The zero-order valence-electron chi connectivity index (χ0n) is 15.2. The summed E-state index contributed by atoms with van der Waals surface area (Å²) >= 11 is 1.22. The average Bonchev–Trinajstić information content (AvgIpc) is 3.15. The summed E-state index contributed by atoms with van der Waals surface area (Å²) in [6, 6.07) is 0.490. The summed E-state index contributed by atoms with van der Waals surface area (Å²) in [5.74, 6) is 0.139. The maximum Gasteiger partial charge on any atom is 0.230 e. The number of nitrogens with one attached hydrogen (secondary N) is 1. The van der Waals surface area contributed by atoms with Crippen molar-refractivity contribution in [1.29, 1.82) is 0 Å². The Morgan fingerprint density at radius 2 is 2.27 bits per heavy atom. The van der Waals surface area contributed by atoms with Crippen molar-refractivity contribution in [2.24, 2.45) is 0 Å². The summed E-state index contributed by atoms with van der Waals surface area (Å²) in [6.45, 7) is 6.68. The standard InChI is InChI=1S/C12H18FN3OS.C4H6N2O2.H2/c1-8-5-3-4-6-16(8)7-10-11(13)15-12(18-10)14-9(2)17;1-3-5-4(2-7)6-8-3;/h8H,3-7H2,1-2H3,(H,14,15,17);7H,2H2,1H3;1H/t8-;;/m1../s1. The van der Waals surface area contributed by atoms with E-state index in [1.165, 1.54) is 37.5 Å². The van der Waals surface area contributed by atoms with Gasteiger partial charge in [0, 0.05) is 27.9 Å². The van der Waals surface area contributed by atoms with Gasteiger partial charge in [0.05, 0.1) is 4.88 Å². The molecule has 2 aromatic heterocycles. The number of rotatable bonds is 4. The van der Waals surface area contributed by atoms with E-state index in [0.29, 0.717) is 34.3 Å². The summed E-state index contributed by atoms with van der Waals surface area (Å²) in [5.41, 5.74) is 0. The third kappa shape index (κ3) is 6.11. The van der Waals surface area contributed by atoms with Gasteiger partial charge in [-0.1, -0.05) is 22.9 Å². The third-order valence-electron chi connectivity index (χ3n) is 3.93. The van der Waals surface area contributed by atoms with Gasteiger partial charge in [0.2, 0.25) is 17.7 Å². The highest BCUT2D eigenvalue weighted by Gasteiger charge is 2.21. The van der Waals surface area contributed by atoms with Crippen LogP contribution >= 0.6 is 11.3 Å². The highest BCUT2D eigenvalue weighted by atomic mass is 32.1. The monoisotopic (exact) mass is 387 g/mol. The fraction of sp³-hybridized carbons (Fsp3) is 0.625. The molecule has 1 aliphatic heterocycles. The Kier molecular flexibility index (Phi) is 7.61. The van der Waals surface area contributed by atoms with Gasteiger partial charge in [-0.3, -0.25) is 9.69 Å². The number of anilines is 1. The van der Waals surface area contributed by atoms with Crippen LogP contribution < -0.4 is 5.32 Å². The normalized spacial score (nSPS) is 17.5. The largest absolute Gasteiger partial charge is 0.388 e. The minimum atomic E-state index is -0.457. The molecule has 1 saturated heterocycles. The van der Waals surface area contributed by atoms with Crippen molar-refractivity contribution < 1.29 is 20.2 Å². The lowest BCUT2D eigenvalue weighted by Crippen LogP contribution is -2.36. The Balaban J connectivity index is 0.000000342. The highest BCUT2D eigenvalue weighted by molar-refractivity contribution is 7.15. The lowest BCUT2D eigenvalue weighted by atomic mass is 10.0. The molecule has 1 atom stereocenters. The quantitative estimate of drug-likeness (QED) is 0.831. The number of aliphatic hydroxyl groups excluding tert-OH is 1. The lowest BCUT2D eigenvalue weighted by Gasteiger charge is -2.32. The van der Waals surface area contributed by atoms with E-state index in [0.717, 1.165) is 6.54 Å².